The summed E-state index contributed by atoms with van der Waals surface area (Å²) in [6, 6.07) is 17.5. The topological polar surface area (TPSA) is 87.7 Å². The molecule has 0 aliphatic rings. The molecule has 0 spiro atoms. The van der Waals surface area contributed by atoms with Crippen LogP contribution in [0, 0.1) is 0 Å². The van der Waals surface area contributed by atoms with Gasteiger partial charge in [0.25, 0.3) is 5.56 Å². The lowest BCUT2D eigenvalue weighted by molar-refractivity contribution is -0.116. The lowest BCUT2D eigenvalue weighted by Crippen LogP contribution is -2.11. The summed E-state index contributed by atoms with van der Waals surface area (Å²) in [5, 5.41) is 3.42. The van der Waals surface area contributed by atoms with Gasteiger partial charge < -0.3 is 10.3 Å². The molecule has 6 nitrogen and oxygen atoms in total. The number of carbonyl (C=O) groups excluding carboxylic acids is 1. The quantitative estimate of drug-likeness (QED) is 0.527. The van der Waals surface area contributed by atoms with Crippen molar-refractivity contribution in [2.45, 2.75) is 19.3 Å². The monoisotopic (exact) mass is 384 g/mol. The average molecular weight is 384 g/mol. The minimum atomic E-state index is -0.234. The lowest BCUT2D eigenvalue weighted by atomic mass is 10.0. The van der Waals surface area contributed by atoms with Crippen molar-refractivity contribution in [1.82, 2.24) is 15.0 Å². The van der Waals surface area contributed by atoms with Gasteiger partial charge in [0.05, 0.1) is 29.1 Å². The summed E-state index contributed by atoms with van der Waals surface area (Å²) < 4.78 is 0. The van der Waals surface area contributed by atoms with Gasteiger partial charge in [0.1, 0.15) is 0 Å². The molecule has 1 amide bonds. The third kappa shape index (κ3) is 4.55. The number of nitrogens with zero attached hydrogens (tertiary/aromatic N) is 2. The molecular weight excluding hydrogens is 364 g/mol. The highest BCUT2D eigenvalue weighted by Crippen LogP contribution is 2.23. The summed E-state index contributed by atoms with van der Waals surface area (Å²) in [4.78, 5) is 34.7. The van der Waals surface area contributed by atoms with E-state index in [2.05, 4.69) is 32.4 Å². The minimum absolute atomic E-state index is 0.00962. The Balaban J connectivity index is 1.36. The van der Waals surface area contributed by atoms with Crippen molar-refractivity contribution in [1.29, 1.82) is 0 Å². The number of hydrogen-bond acceptors (Lipinski definition) is 4. The molecule has 0 saturated carbocycles. The molecule has 2 heterocycles. The number of hydrogen-bond donors (Lipinski definition) is 2. The molecular formula is C23H20N4O2. The standard InChI is InChI=1S/C23H20N4O2/c28-22(27-19-4-2-12-24-14-19)5-1-3-16-6-8-17(9-7-16)18-10-11-21-20(13-18)23(29)26-15-25-21/h2,4,6-15H,1,3,5H2,(H,27,28)(H,25,26,29). The minimum Gasteiger partial charge on any atom is -0.346 e. The number of aromatic nitrogens is 3. The maximum Gasteiger partial charge on any atom is 0.280 e. The molecule has 0 radical (unpaired) electrons. The molecule has 2 N–H and O–H groups in total. The van der Waals surface area contributed by atoms with Gasteiger partial charge in [0.2, 0.25) is 5.91 Å². The number of nitrogens with one attached hydrogen (secondary N) is 2. The van der Waals surface area contributed by atoms with Crippen molar-refractivity contribution in [3.05, 3.63) is 89.2 Å². The van der Waals surface area contributed by atoms with Gasteiger partial charge >= 0.3 is 0 Å². The second-order valence-corrected chi connectivity index (χ2v) is 6.81. The molecule has 0 aliphatic heterocycles. The van der Waals surface area contributed by atoms with Gasteiger partial charge in [-0.25, -0.2) is 0 Å². The Labute approximate surface area is 167 Å². The molecule has 0 saturated heterocycles. The van der Waals surface area contributed by atoms with Crippen LogP contribution < -0.4 is 10.9 Å². The Morgan fingerprint density at radius 1 is 1.03 bits per heavy atom. The Morgan fingerprint density at radius 3 is 2.66 bits per heavy atom. The molecule has 2 aromatic carbocycles. The summed E-state index contributed by atoms with van der Waals surface area (Å²) in [5.41, 5.74) is 4.43. The van der Waals surface area contributed by atoms with Crippen molar-refractivity contribution < 1.29 is 4.79 Å². The first-order chi connectivity index (χ1) is 14.2. The summed E-state index contributed by atoms with van der Waals surface area (Å²) >= 11 is 0. The van der Waals surface area contributed by atoms with Crippen LogP contribution in [0.4, 0.5) is 5.69 Å². The summed E-state index contributed by atoms with van der Waals surface area (Å²) in [7, 11) is 0. The van der Waals surface area contributed by atoms with E-state index >= 15 is 0 Å². The maximum atomic E-state index is 12.0. The zero-order valence-electron chi connectivity index (χ0n) is 15.8. The van der Waals surface area contributed by atoms with E-state index in [1.807, 2.05) is 36.4 Å². The Hall–Kier alpha value is -3.80. The number of rotatable bonds is 6. The molecule has 0 aliphatic carbocycles. The molecule has 29 heavy (non-hydrogen) atoms. The van der Waals surface area contributed by atoms with Gasteiger partial charge in [-0.05, 0) is 53.8 Å². The fraction of sp³-hybridized carbons (Fsp3) is 0.130. The summed E-state index contributed by atoms with van der Waals surface area (Å²) in [6.45, 7) is 0. The first-order valence-electron chi connectivity index (χ1n) is 9.46. The van der Waals surface area contributed by atoms with Crippen LogP contribution in [0.25, 0.3) is 22.0 Å². The first-order valence-corrected chi connectivity index (χ1v) is 9.46. The average Bonchev–Trinajstić information content (AvgIpc) is 2.75. The van der Waals surface area contributed by atoms with Crippen molar-refractivity contribution in [3.63, 3.8) is 0 Å². The Morgan fingerprint density at radius 2 is 1.86 bits per heavy atom. The number of fused-ring (bicyclic) bond motifs is 1. The fourth-order valence-corrected chi connectivity index (χ4v) is 3.23. The smallest absolute Gasteiger partial charge is 0.280 e. The van der Waals surface area contributed by atoms with Crippen LogP contribution in [0.15, 0.2) is 78.1 Å². The van der Waals surface area contributed by atoms with Gasteiger partial charge in [0.15, 0.2) is 0 Å². The number of benzene rings is 2. The van der Waals surface area contributed by atoms with Crippen LogP contribution in [0.3, 0.4) is 0 Å². The van der Waals surface area contributed by atoms with E-state index in [1.54, 1.807) is 18.5 Å². The second kappa shape index (κ2) is 8.48. The summed E-state index contributed by atoms with van der Waals surface area (Å²) in [5.74, 6) is -0.00962. The Kier molecular flexibility index (Phi) is 5.42. The molecule has 4 rings (SSSR count). The highest BCUT2D eigenvalue weighted by Gasteiger charge is 2.05. The molecule has 4 aromatic rings. The van der Waals surface area contributed by atoms with E-state index in [0.29, 0.717) is 17.5 Å². The van der Waals surface area contributed by atoms with Crippen LogP contribution in [0.1, 0.15) is 18.4 Å². The van der Waals surface area contributed by atoms with Gasteiger partial charge in [-0.1, -0.05) is 30.3 Å². The predicted octanol–water partition coefficient (Wildman–Crippen LogP) is 3.95. The van der Waals surface area contributed by atoms with E-state index in [0.717, 1.165) is 29.5 Å². The van der Waals surface area contributed by atoms with Gasteiger partial charge in [-0.2, -0.15) is 4.98 Å². The van der Waals surface area contributed by atoms with E-state index in [4.69, 9.17) is 0 Å². The molecule has 0 unspecified atom stereocenters. The van der Waals surface area contributed by atoms with E-state index < -0.39 is 0 Å². The van der Waals surface area contributed by atoms with E-state index in [1.165, 1.54) is 11.9 Å². The highest BCUT2D eigenvalue weighted by molar-refractivity contribution is 5.90. The number of H-pyrrole nitrogens is 1. The highest BCUT2D eigenvalue weighted by atomic mass is 16.1. The summed E-state index contributed by atoms with van der Waals surface area (Å²) in [6.07, 6.45) is 6.76. The van der Waals surface area contributed by atoms with Crippen LogP contribution in [-0.2, 0) is 11.2 Å². The number of amides is 1. The third-order valence-electron chi connectivity index (χ3n) is 4.75. The fourth-order valence-electron chi connectivity index (χ4n) is 3.23. The number of aryl methyl sites for hydroxylation is 1. The van der Waals surface area contributed by atoms with Crippen LogP contribution in [-0.4, -0.2) is 20.9 Å². The van der Waals surface area contributed by atoms with Crippen molar-refractivity contribution >= 4 is 22.5 Å². The molecule has 0 bridgehead atoms. The van der Waals surface area contributed by atoms with Crippen molar-refractivity contribution in [3.8, 4) is 11.1 Å². The van der Waals surface area contributed by atoms with E-state index in [-0.39, 0.29) is 11.5 Å². The number of carbonyl (C=O) groups is 1. The molecule has 0 atom stereocenters. The third-order valence-corrected chi connectivity index (χ3v) is 4.75. The van der Waals surface area contributed by atoms with Crippen LogP contribution in [0.5, 0.6) is 0 Å². The predicted molar refractivity (Wildman–Crippen MR) is 114 cm³/mol. The molecule has 0 fully saturated rings. The van der Waals surface area contributed by atoms with Gasteiger partial charge in [-0.3, -0.25) is 14.6 Å². The van der Waals surface area contributed by atoms with Gasteiger partial charge in [0, 0.05) is 12.6 Å². The van der Waals surface area contributed by atoms with Crippen molar-refractivity contribution in [2.24, 2.45) is 0 Å². The molecule has 144 valence electrons. The number of aromatic amines is 1. The van der Waals surface area contributed by atoms with Gasteiger partial charge in [-0.15, -0.1) is 0 Å². The maximum absolute atomic E-state index is 12.0. The first kappa shape index (κ1) is 18.6. The number of pyridine rings is 1. The zero-order chi connectivity index (χ0) is 20.1. The second-order valence-electron chi connectivity index (χ2n) is 6.81. The van der Waals surface area contributed by atoms with E-state index in [9.17, 15) is 9.59 Å². The Bertz CT molecular complexity index is 1180. The lowest BCUT2D eigenvalue weighted by Gasteiger charge is -2.07. The largest absolute Gasteiger partial charge is 0.346 e. The zero-order valence-corrected chi connectivity index (χ0v) is 15.8. The van der Waals surface area contributed by atoms with Crippen molar-refractivity contribution in [2.75, 3.05) is 5.32 Å². The molecule has 2 aromatic heterocycles. The number of anilines is 1. The van der Waals surface area contributed by atoms with Crippen LogP contribution >= 0.6 is 0 Å². The normalized spacial score (nSPS) is 10.8. The van der Waals surface area contributed by atoms with Crippen LogP contribution in [0.2, 0.25) is 0 Å². The SMILES string of the molecule is O=C(CCCc1ccc(-c2ccc3[nH]cnc(=O)c3c2)cc1)Nc1cccnc1. The molecule has 6 heteroatoms.